The number of nitrogens with one attached hydrogen (secondary N) is 1. The number of oxime groups is 1. The summed E-state index contributed by atoms with van der Waals surface area (Å²) >= 11 is 6.00. The Labute approximate surface area is 143 Å². The average molecular weight is 351 g/mol. The highest BCUT2D eigenvalue weighted by molar-refractivity contribution is 6.34. The summed E-state index contributed by atoms with van der Waals surface area (Å²) in [6.07, 6.45) is 3.73. The maximum atomic E-state index is 13.9. The van der Waals surface area contributed by atoms with Gasteiger partial charge in [0.15, 0.2) is 0 Å². The highest BCUT2D eigenvalue weighted by atomic mass is 35.5. The van der Waals surface area contributed by atoms with Crippen molar-refractivity contribution in [3.05, 3.63) is 53.1 Å². The molecule has 0 radical (unpaired) electrons. The molecule has 0 fully saturated rings. The van der Waals surface area contributed by atoms with Crippen LogP contribution in [0.3, 0.4) is 0 Å². The van der Waals surface area contributed by atoms with Gasteiger partial charge in [-0.2, -0.15) is 5.10 Å². The molecule has 0 bridgehead atoms. The topological polar surface area (TPSA) is 68.5 Å². The number of aromatic nitrogens is 2. The molecule has 1 aromatic heterocycles. The van der Waals surface area contributed by atoms with Gasteiger partial charge in [-0.15, -0.1) is 0 Å². The molecule has 2 aromatic rings. The van der Waals surface area contributed by atoms with Gasteiger partial charge < -0.3 is 10.2 Å². The van der Waals surface area contributed by atoms with E-state index in [0.29, 0.717) is 18.8 Å². The van der Waals surface area contributed by atoms with E-state index in [9.17, 15) is 9.18 Å². The van der Waals surface area contributed by atoms with Gasteiger partial charge in [-0.1, -0.05) is 22.8 Å². The fourth-order valence-electron chi connectivity index (χ4n) is 2.44. The first kappa shape index (κ1) is 16.4. The van der Waals surface area contributed by atoms with Gasteiger partial charge in [-0.05, 0) is 24.6 Å². The predicted molar refractivity (Wildman–Crippen MR) is 87.3 cm³/mol. The van der Waals surface area contributed by atoms with Gasteiger partial charge >= 0.3 is 0 Å². The summed E-state index contributed by atoms with van der Waals surface area (Å²) in [7, 11) is 0. The Morgan fingerprint density at radius 1 is 1.46 bits per heavy atom. The molecule has 1 aromatic carbocycles. The Morgan fingerprint density at radius 3 is 3.08 bits per heavy atom. The number of carbonyl (C=O) groups excluding carboxylic acids is 1. The smallest absolute Gasteiger partial charge is 0.264 e. The van der Waals surface area contributed by atoms with E-state index in [1.54, 1.807) is 16.9 Å². The van der Waals surface area contributed by atoms with Crippen molar-refractivity contribution in [2.45, 2.75) is 25.5 Å². The third-order valence-electron chi connectivity index (χ3n) is 3.64. The van der Waals surface area contributed by atoms with Crippen molar-refractivity contribution in [2.75, 3.05) is 6.54 Å². The Morgan fingerprint density at radius 2 is 2.33 bits per heavy atom. The first-order valence-electron chi connectivity index (χ1n) is 7.57. The molecule has 0 aliphatic carbocycles. The van der Waals surface area contributed by atoms with Crippen LogP contribution in [0.15, 0.2) is 41.8 Å². The molecule has 1 aliphatic heterocycles. The predicted octanol–water partition coefficient (Wildman–Crippen LogP) is 2.38. The van der Waals surface area contributed by atoms with Gasteiger partial charge in [0.1, 0.15) is 5.82 Å². The summed E-state index contributed by atoms with van der Waals surface area (Å²) in [6.45, 7) is 1.21. The highest BCUT2D eigenvalue weighted by Gasteiger charge is 2.30. The maximum Gasteiger partial charge on any atom is 0.264 e. The lowest BCUT2D eigenvalue weighted by molar-refractivity contribution is -0.131. The molecule has 126 valence electrons. The van der Waals surface area contributed by atoms with Crippen LogP contribution < -0.4 is 5.32 Å². The zero-order chi connectivity index (χ0) is 16.9. The van der Waals surface area contributed by atoms with Crippen LogP contribution in [0.1, 0.15) is 18.4 Å². The Hall–Kier alpha value is -2.41. The van der Waals surface area contributed by atoms with Gasteiger partial charge in [-0.25, -0.2) is 4.39 Å². The Kier molecular flexibility index (Phi) is 5.10. The van der Waals surface area contributed by atoms with E-state index in [1.807, 2.05) is 12.3 Å². The molecular weight excluding hydrogens is 335 g/mol. The number of carbonyl (C=O) groups is 1. The molecule has 0 spiro atoms. The van der Waals surface area contributed by atoms with Crippen LogP contribution in [0.4, 0.5) is 4.39 Å². The fraction of sp³-hybridized carbons (Fsp3) is 0.312. The number of halogens is 2. The number of aryl methyl sites for hydroxylation is 1. The highest BCUT2D eigenvalue weighted by Crippen LogP contribution is 2.25. The molecule has 1 aliphatic rings. The van der Waals surface area contributed by atoms with Gasteiger partial charge in [0.25, 0.3) is 5.91 Å². The number of hydrogen-bond acceptors (Lipinski definition) is 4. The minimum absolute atomic E-state index is 0.186. The van der Waals surface area contributed by atoms with Crippen molar-refractivity contribution in [1.82, 2.24) is 15.1 Å². The van der Waals surface area contributed by atoms with Crippen molar-refractivity contribution in [2.24, 2.45) is 5.16 Å². The summed E-state index contributed by atoms with van der Waals surface area (Å²) in [6, 6.07) is 6.23. The molecule has 0 saturated heterocycles. The van der Waals surface area contributed by atoms with Gasteiger partial charge in [0, 0.05) is 31.9 Å². The molecule has 6 nitrogen and oxygen atoms in total. The van der Waals surface area contributed by atoms with Crippen LogP contribution in [0.2, 0.25) is 5.02 Å². The van der Waals surface area contributed by atoms with E-state index in [0.717, 1.165) is 6.42 Å². The fourth-order valence-corrected chi connectivity index (χ4v) is 2.71. The van der Waals surface area contributed by atoms with Crippen molar-refractivity contribution >= 4 is 23.2 Å². The van der Waals surface area contributed by atoms with Crippen molar-refractivity contribution in [3.8, 4) is 0 Å². The molecule has 0 unspecified atom stereocenters. The molecule has 2 heterocycles. The Balaban J connectivity index is 1.48. The number of rotatable bonds is 6. The second kappa shape index (κ2) is 7.44. The van der Waals surface area contributed by atoms with Crippen molar-refractivity contribution in [1.29, 1.82) is 0 Å². The third kappa shape index (κ3) is 3.73. The zero-order valence-corrected chi connectivity index (χ0v) is 13.5. The number of benzene rings is 1. The van der Waals surface area contributed by atoms with E-state index in [1.165, 1.54) is 12.1 Å². The number of amides is 1. The molecule has 1 amide bonds. The van der Waals surface area contributed by atoms with Crippen LogP contribution in [-0.4, -0.2) is 34.0 Å². The Bertz CT molecular complexity index is 728. The van der Waals surface area contributed by atoms with Crippen molar-refractivity contribution < 1.29 is 14.0 Å². The maximum absolute atomic E-state index is 13.9. The summed E-state index contributed by atoms with van der Waals surface area (Å²) in [5, 5.41) is 10.9. The van der Waals surface area contributed by atoms with Crippen molar-refractivity contribution in [3.63, 3.8) is 0 Å². The molecule has 1 N–H and O–H groups in total. The lowest BCUT2D eigenvalue weighted by Gasteiger charge is -2.09. The average Bonchev–Trinajstić information content (AvgIpc) is 3.23. The number of nitrogens with zero attached hydrogens (tertiary/aromatic N) is 3. The van der Waals surface area contributed by atoms with E-state index < -0.39 is 11.9 Å². The van der Waals surface area contributed by atoms with Crippen LogP contribution >= 0.6 is 11.6 Å². The standard InChI is InChI=1S/C16H16ClFN4O2/c17-11-4-1-5-12(18)15(11)13-10-14(24-21-13)16(23)19-6-2-8-22-9-3-7-20-22/h1,3-5,7,9,14H,2,6,8,10H2,(H,19,23)/t14-/m0/s1. The molecule has 24 heavy (non-hydrogen) atoms. The van der Waals surface area contributed by atoms with E-state index in [2.05, 4.69) is 15.6 Å². The normalized spacial score (nSPS) is 16.6. The lowest BCUT2D eigenvalue weighted by atomic mass is 10.0. The largest absolute Gasteiger partial charge is 0.382 e. The van der Waals surface area contributed by atoms with Crippen LogP contribution in [-0.2, 0) is 16.2 Å². The summed E-state index contributed by atoms with van der Waals surface area (Å²) in [4.78, 5) is 17.2. The lowest BCUT2D eigenvalue weighted by Crippen LogP contribution is -2.35. The van der Waals surface area contributed by atoms with Gasteiger partial charge in [0.05, 0.1) is 16.3 Å². The first-order chi connectivity index (χ1) is 11.6. The van der Waals surface area contributed by atoms with E-state index >= 15 is 0 Å². The second-order valence-electron chi connectivity index (χ2n) is 5.35. The SMILES string of the molecule is O=C(NCCCn1cccn1)[C@@H]1CC(c2c(F)cccc2Cl)=NO1. The van der Waals surface area contributed by atoms with Crippen LogP contribution in [0.5, 0.6) is 0 Å². The third-order valence-corrected chi connectivity index (χ3v) is 3.95. The van der Waals surface area contributed by atoms with Crippen LogP contribution in [0.25, 0.3) is 0 Å². The second-order valence-corrected chi connectivity index (χ2v) is 5.75. The molecule has 0 saturated carbocycles. The minimum Gasteiger partial charge on any atom is -0.382 e. The van der Waals surface area contributed by atoms with Crippen LogP contribution in [0, 0.1) is 5.82 Å². The summed E-state index contributed by atoms with van der Waals surface area (Å²) in [5.74, 6) is -0.758. The van der Waals surface area contributed by atoms with E-state index in [4.69, 9.17) is 16.4 Å². The molecule has 1 atom stereocenters. The number of hydrogen-bond donors (Lipinski definition) is 1. The molecule has 8 heteroatoms. The monoisotopic (exact) mass is 350 g/mol. The van der Waals surface area contributed by atoms with Gasteiger partial charge in [0.2, 0.25) is 6.10 Å². The quantitative estimate of drug-likeness (QED) is 0.813. The molecule has 3 rings (SSSR count). The van der Waals surface area contributed by atoms with Gasteiger partial charge in [-0.3, -0.25) is 9.48 Å². The summed E-state index contributed by atoms with van der Waals surface area (Å²) in [5.41, 5.74) is 0.530. The van der Waals surface area contributed by atoms with E-state index in [-0.39, 0.29) is 22.9 Å². The zero-order valence-electron chi connectivity index (χ0n) is 12.8. The summed E-state index contributed by atoms with van der Waals surface area (Å²) < 4.78 is 15.7. The first-order valence-corrected chi connectivity index (χ1v) is 7.95. The molecular formula is C16H16ClFN4O2. The minimum atomic E-state index is -0.764.